The highest BCUT2D eigenvalue weighted by Crippen LogP contribution is 2.31. The Kier molecular flexibility index (Phi) is 8.97. The molecular weight excluding hydrogens is 628 g/mol. The molecule has 244 valence electrons. The molecule has 0 saturated carbocycles. The third kappa shape index (κ3) is 7.03. The van der Waals surface area contributed by atoms with Crippen LogP contribution in [0.3, 0.4) is 0 Å². The van der Waals surface area contributed by atoms with E-state index in [1.54, 1.807) is 0 Å². The van der Waals surface area contributed by atoms with E-state index in [0.717, 1.165) is 36.5 Å². The van der Waals surface area contributed by atoms with Gasteiger partial charge in [-0.25, -0.2) is 0 Å². The molecular formula is C39H28O10. The minimum absolute atomic E-state index is 0.00774. The molecule has 0 aromatic rings. The molecule has 16 aliphatic carbocycles. The second-order valence-corrected chi connectivity index (χ2v) is 12.6. The molecule has 0 radical (unpaired) electrons. The van der Waals surface area contributed by atoms with E-state index in [-0.39, 0.29) is 81.8 Å². The summed E-state index contributed by atoms with van der Waals surface area (Å²) in [5.74, 6) is -5.17. The summed E-state index contributed by atoms with van der Waals surface area (Å²) in [4.78, 5) is 129. The van der Waals surface area contributed by atoms with Gasteiger partial charge in [0.1, 0.15) is 0 Å². The lowest BCUT2D eigenvalue weighted by Gasteiger charge is -2.18. The van der Waals surface area contributed by atoms with Crippen molar-refractivity contribution in [2.24, 2.45) is 0 Å². The van der Waals surface area contributed by atoms with Crippen LogP contribution in [0.15, 0.2) is 116 Å². The molecule has 10 nitrogen and oxygen atoms in total. The van der Waals surface area contributed by atoms with E-state index in [4.69, 9.17) is 0 Å². The molecule has 0 spiro atoms. The first-order valence-electron chi connectivity index (χ1n) is 15.9. The third-order valence-electron chi connectivity index (χ3n) is 9.13. The predicted molar refractivity (Wildman–Crippen MR) is 172 cm³/mol. The van der Waals surface area contributed by atoms with Gasteiger partial charge in [0.25, 0.3) is 0 Å². The first kappa shape index (κ1) is 33.0. The number of hydrogen-bond acceptors (Lipinski definition) is 10. The Balaban J connectivity index is 1.26. The minimum atomic E-state index is -0.611. The maximum Gasteiger partial charge on any atom is 0.182 e. The van der Waals surface area contributed by atoms with Crippen molar-refractivity contribution in [3.63, 3.8) is 0 Å². The highest BCUT2D eigenvalue weighted by atomic mass is 16.2. The van der Waals surface area contributed by atoms with Crippen molar-refractivity contribution in [3.05, 3.63) is 116 Å². The molecule has 0 saturated heterocycles. The summed E-state index contributed by atoms with van der Waals surface area (Å²) in [6, 6.07) is 0. The summed E-state index contributed by atoms with van der Waals surface area (Å²) < 4.78 is 0. The Hall–Kier alpha value is -5.90. The van der Waals surface area contributed by atoms with Gasteiger partial charge in [0, 0.05) is 81.4 Å². The lowest BCUT2D eigenvalue weighted by atomic mass is 9.83. The first-order chi connectivity index (χ1) is 23.4. The van der Waals surface area contributed by atoms with Crippen LogP contribution in [-0.2, 0) is 47.9 Å². The Labute approximate surface area is 279 Å². The summed E-state index contributed by atoms with van der Waals surface area (Å²) in [7, 11) is 0. The van der Waals surface area contributed by atoms with Crippen LogP contribution in [0.1, 0.15) is 57.8 Å². The molecule has 16 rings (SSSR count). The lowest BCUT2D eigenvalue weighted by molar-refractivity contribution is -0.116. The van der Waals surface area contributed by atoms with E-state index in [9.17, 15) is 47.9 Å². The Morgan fingerprint density at radius 3 is 0.592 bits per heavy atom. The molecule has 0 atom stereocenters. The van der Waals surface area contributed by atoms with Crippen LogP contribution in [0.2, 0.25) is 0 Å². The van der Waals surface area contributed by atoms with Gasteiger partial charge in [0.15, 0.2) is 57.8 Å². The molecule has 10 bridgehead atoms. The number of carbonyl (C=O) groups excluding carboxylic acids is 10. The van der Waals surface area contributed by atoms with Crippen molar-refractivity contribution in [1.82, 2.24) is 0 Å². The molecule has 0 aromatic carbocycles. The molecule has 0 heterocycles. The van der Waals surface area contributed by atoms with Gasteiger partial charge in [-0.05, 0) is 86.4 Å². The molecule has 0 N–H and O–H groups in total. The lowest BCUT2D eigenvalue weighted by Crippen LogP contribution is -2.21. The molecule has 16 aliphatic rings. The summed E-state index contributed by atoms with van der Waals surface area (Å²) in [5.41, 5.74) is 0.603. The van der Waals surface area contributed by atoms with Gasteiger partial charge in [-0.3, -0.25) is 47.9 Å². The largest absolute Gasteiger partial charge is 0.290 e. The van der Waals surface area contributed by atoms with Crippen LogP contribution in [0.4, 0.5) is 0 Å². The average molecular weight is 657 g/mol. The second-order valence-electron chi connectivity index (χ2n) is 12.6. The van der Waals surface area contributed by atoms with E-state index >= 15 is 0 Å². The summed E-state index contributed by atoms with van der Waals surface area (Å²) >= 11 is 0. The van der Waals surface area contributed by atoms with Crippen molar-refractivity contribution >= 4 is 57.8 Å². The fraction of sp³-hybridized carbons (Fsp3) is 0.231. The van der Waals surface area contributed by atoms with Gasteiger partial charge in [-0.1, -0.05) is 6.42 Å². The number of allylic oxidation sites excluding steroid dienone is 20. The molecule has 49 heavy (non-hydrogen) atoms. The second kappa shape index (κ2) is 13.3. The zero-order valence-electron chi connectivity index (χ0n) is 26.2. The van der Waals surface area contributed by atoms with E-state index in [1.165, 1.54) is 24.3 Å². The molecule has 0 amide bonds. The predicted octanol–water partition coefficient (Wildman–Crippen LogP) is 3.53. The quantitative estimate of drug-likeness (QED) is 0.351. The molecule has 0 unspecified atom stereocenters. The summed E-state index contributed by atoms with van der Waals surface area (Å²) in [5, 5.41) is 0. The van der Waals surface area contributed by atoms with Crippen LogP contribution < -0.4 is 0 Å². The SMILES string of the molecule is O=C1C=C2CC3=CC(=O)C(=CC3=O)CC3=CC(=O)C(=CC3=O)CC3=CC(=O)C(=CC3=O)CC3=CC(=O)C(=CC3=O)CCCCCC1=CC2=O. The van der Waals surface area contributed by atoms with Crippen molar-refractivity contribution in [2.45, 2.75) is 57.8 Å². The fourth-order valence-corrected chi connectivity index (χ4v) is 6.35. The summed E-state index contributed by atoms with van der Waals surface area (Å²) in [6.07, 6.45) is 12.4. The number of fused-ring (bicyclic) bond motifs is 1. The minimum Gasteiger partial charge on any atom is -0.290 e. The number of rotatable bonds is 0. The Morgan fingerprint density at radius 1 is 0.224 bits per heavy atom. The van der Waals surface area contributed by atoms with Crippen molar-refractivity contribution in [2.75, 3.05) is 0 Å². The standard InChI is InChI=1S/C39H28O10/c40-30-12-22-6-24-14-36(46)26(16-34(24)44)8-28-18-39(49)29(19-38(28)48)9-27-17-35(45)25(15-37(27)47)7-23-13-31(41)21(11-33(23)43)5-3-1-2-4-20(30)10-32(22)42/h10-19H,1-9H2. The van der Waals surface area contributed by atoms with Crippen molar-refractivity contribution in [1.29, 1.82) is 0 Å². The van der Waals surface area contributed by atoms with E-state index in [2.05, 4.69) is 0 Å². The van der Waals surface area contributed by atoms with E-state index in [1.807, 2.05) is 0 Å². The third-order valence-corrected chi connectivity index (χ3v) is 9.13. The maximum atomic E-state index is 13.0. The average Bonchev–Trinajstić information content (AvgIpc) is 3.04. The van der Waals surface area contributed by atoms with Gasteiger partial charge in [0.2, 0.25) is 0 Å². The van der Waals surface area contributed by atoms with Crippen LogP contribution >= 0.6 is 0 Å². The van der Waals surface area contributed by atoms with Gasteiger partial charge in [0.05, 0.1) is 0 Å². The molecule has 10 heteroatoms. The normalized spacial score (nSPS) is 22.8. The van der Waals surface area contributed by atoms with E-state index in [0.29, 0.717) is 43.3 Å². The monoisotopic (exact) mass is 656 g/mol. The molecule has 0 fully saturated rings. The van der Waals surface area contributed by atoms with Gasteiger partial charge >= 0.3 is 0 Å². The van der Waals surface area contributed by atoms with Crippen molar-refractivity contribution in [3.8, 4) is 0 Å². The van der Waals surface area contributed by atoms with Gasteiger partial charge in [-0.15, -0.1) is 0 Å². The number of ketones is 10. The van der Waals surface area contributed by atoms with E-state index < -0.39 is 46.3 Å². The Bertz CT molecular complexity index is 1940. The number of carbonyl (C=O) groups is 10. The smallest absolute Gasteiger partial charge is 0.182 e. The van der Waals surface area contributed by atoms with Gasteiger partial charge < -0.3 is 0 Å². The van der Waals surface area contributed by atoms with Crippen molar-refractivity contribution < 1.29 is 47.9 Å². The summed E-state index contributed by atoms with van der Waals surface area (Å²) in [6.45, 7) is 0. The Morgan fingerprint density at radius 2 is 0.388 bits per heavy atom. The van der Waals surface area contributed by atoms with Crippen LogP contribution in [0.25, 0.3) is 0 Å². The van der Waals surface area contributed by atoms with Crippen LogP contribution in [0, 0.1) is 0 Å². The first-order valence-corrected chi connectivity index (χ1v) is 15.9. The topological polar surface area (TPSA) is 171 Å². The highest BCUT2D eigenvalue weighted by molar-refractivity contribution is 6.27. The van der Waals surface area contributed by atoms with Crippen LogP contribution in [-0.4, -0.2) is 57.8 Å². The zero-order valence-corrected chi connectivity index (χ0v) is 26.2. The molecule has 0 aromatic heterocycles. The van der Waals surface area contributed by atoms with Crippen LogP contribution in [0.5, 0.6) is 0 Å². The zero-order chi connectivity index (χ0) is 35.0. The highest BCUT2D eigenvalue weighted by Gasteiger charge is 2.30. The fourth-order valence-electron chi connectivity index (χ4n) is 6.35. The van der Waals surface area contributed by atoms with Gasteiger partial charge in [-0.2, -0.15) is 0 Å². The number of hydrogen-bond donors (Lipinski definition) is 0. The molecule has 0 aliphatic heterocycles. The maximum absolute atomic E-state index is 13.0.